The van der Waals surface area contributed by atoms with Crippen molar-refractivity contribution in [2.24, 2.45) is 11.8 Å². The highest BCUT2D eigenvalue weighted by Crippen LogP contribution is 2.22. The molecular weight excluding hydrogens is 120 g/mol. The van der Waals surface area contributed by atoms with E-state index in [-0.39, 0.29) is 0 Å². The van der Waals surface area contributed by atoms with Crippen LogP contribution in [0.2, 0.25) is 0 Å². The molecule has 0 radical (unpaired) electrons. The van der Waals surface area contributed by atoms with Crippen molar-refractivity contribution in [1.82, 2.24) is 0 Å². The van der Waals surface area contributed by atoms with Gasteiger partial charge in [0.1, 0.15) is 0 Å². The lowest BCUT2D eigenvalue weighted by Gasteiger charge is -2.19. The molecule has 0 aromatic carbocycles. The Morgan fingerprint density at radius 3 is 2.20 bits per heavy atom. The summed E-state index contributed by atoms with van der Waals surface area (Å²) in [6.45, 7) is 14.2. The minimum atomic E-state index is 0.572. The van der Waals surface area contributed by atoms with Crippen LogP contribution in [0.4, 0.5) is 0 Å². The van der Waals surface area contributed by atoms with Crippen LogP contribution in [0.15, 0.2) is 24.8 Å². The summed E-state index contributed by atoms with van der Waals surface area (Å²) in [5.41, 5.74) is 1.27. The Balaban J connectivity index is 4.05. The van der Waals surface area contributed by atoms with E-state index in [4.69, 9.17) is 0 Å². The summed E-state index contributed by atoms with van der Waals surface area (Å²) < 4.78 is 0. The van der Waals surface area contributed by atoms with Crippen LogP contribution >= 0.6 is 0 Å². The number of hydrogen-bond acceptors (Lipinski definition) is 0. The molecule has 0 spiro atoms. The Bertz CT molecular complexity index is 122. The van der Waals surface area contributed by atoms with Gasteiger partial charge < -0.3 is 0 Å². The predicted molar refractivity (Wildman–Crippen MR) is 48.0 cm³/mol. The van der Waals surface area contributed by atoms with Gasteiger partial charge in [0.2, 0.25) is 0 Å². The summed E-state index contributed by atoms with van der Waals surface area (Å²) in [4.78, 5) is 0. The molecule has 0 aliphatic heterocycles. The van der Waals surface area contributed by atoms with E-state index in [0.717, 1.165) is 0 Å². The SMILES string of the molecule is C=CC(C)C(CC)C(=C)C. The Morgan fingerprint density at radius 2 is 2.10 bits per heavy atom. The van der Waals surface area contributed by atoms with Crippen LogP contribution in [0.25, 0.3) is 0 Å². The number of rotatable bonds is 4. The van der Waals surface area contributed by atoms with Gasteiger partial charge >= 0.3 is 0 Å². The second-order valence-corrected chi connectivity index (χ2v) is 2.96. The summed E-state index contributed by atoms with van der Waals surface area (Å²) >= 11 is 0. The van der Waals surface area contributed by atoms with Gasteiger partial charge in [-0.1, -0.05) is 32.1 Å². The van der Waals surface area contributed by atoms with Gasteiger partial charge in [-0.05, 0) is 25.2 Å². The van der Waals surface area contributed by atoms with E-state index in [2.05, 4.69) is 33.9 Å². The van der Waals surface area contributed by atoms with E-state index in [9.17, 15) is 0 Å². The molecule has 2 unspecified atom stereocenters. The summed E-state index contributed by atoms with van der Waals surface area (Å²) in [6.07, 6.45) is 3.17. The van der Waals surface area contributed by atoms with Crippen molar-refractivity contribution in [3.63, 3.8) is 0 Å². The fourth-order valence-corrected chi connectivity index (χ4v) is 1.33. The molecule has 0 heteroatoms. The van der Waals surface area contributed by atoms with Crippen molar-refractivity contribution < 1.29 is 0 Å². The third-order valence-electron chi connectivity index (χ3n) is 2.08. The van der Waals surface area contributed by atoms with E-state index in [1.165, 1.54) is 12.0 Å². The average Bonchev–Trinajstić information content (AvgIpc) is 1.88. The normalized spacial score (nSPS) is 15.9. The van der Waals surface area contributed by atoms with Crippen LogP contribution in [-0.4, -0.2) is 0 Å². The van der Waals surface area contributed by atoms with Crippen molar-refractivity contribution in [2.75, 3.05) is 0 Å². The maximum absolute atomic E-state index is 3.95. The van der Waals surface area contributed by atoms with E-state index in [1.54, 1.807) is 0 Å². The highest BCUT2D eigenvalue weighted by molar-refractivity contribution is 5.01. The standard InChI is InChI=1S/C10H18/c1-6-9(5)10(7-2)8(3)4/h6,9-10H,1,3,7H2,2,4-5H3. The fraction of sp³-hybridized carbons (Fsp3) is 0.600. The molecule has 0 N–H and O–H groups in total. The van der Waals surface area contributed by atoms with E-state index < -0.39 is 0 Å². The molecule has 10 heavy (non-hydrogen) atoms. The van der Waals surface area contributed by atoms with Gasteiger partial charge in [0.15, 0.2) is 0 Å². The maximum atomic E-state index is 3.95. The third-order valence-corrected chi connectivity index (χ3v) is 2.08. The molecule has 0 saturated heterocycles. The zero-order valence-corrected chi connectivity index (χ0v) is 7.35. The van der Waals surface area contributed by atoms with Gasteiger partial charge in [-0.3, -0.25) is 0 Å². The largest absolute Gasteiger partial charge is 0.103 e. The molecule has 58 valence electrons. The molecule has 2 atom stereocenters. The summed E-state index contributed by atoms with van der Waals surface area (Å²) in [6, 6.07) is 0. The second-order valence-electron chi connectivity index (χ2n) is 2.96. The number of hydrogen-bond donors (Lipinski definition) is 0. The zero-order valence-electron chi connectivity index (χ0n) is 7.35. The zero-order chi connectivity index (χ0) is 8.15. The Kier molecular flexibility index (Phi) is 4.10. The highest BCUT2D eigenvalue weighted by Gasteiger charge is 2.11. The summed E-state index contributed by atoms with van der Waals surface area (Å²) in [5, 5.41) is 0. The van der Waals surface area contributed by atoms with Crippen molar-refractivity contribution in [2.45, 2.75) is 27.2 Å². The van der Waals surface area contributed by atoms with Crippen molar-refractivity contribution in [3.05, 3.63) is 24.8 Å². The Hall–Kier alpha value is -0.520. The Labute approximate surface area is 64.6 Å². The van der Waals surface area contributed by atoms with Crippen molar-refractivity contribution in [3.8, 4) is 0 Å². The maximum Gasteiger partial charge on any atom is -0.0151 e. The van der Waals surface area contributed by atoms with Gasteiger partial charge in [-0.2, -0.15) is 0 Å². The average molecular weight is 138 g/mol. The number of allylic oxidation sites excluding steroid dienone is 2. The van der Waals surface area contributed by atoms with Crippen LogP contribution in [0, 0.1) is 11.8 Å². The minimum Gasteiger partial charge on any atom is -0.103 e. The minimum absolute atomic E-state index is 0.572. The molecule has 0 amide bonds. The van der Waals surface area contributed by atoms with Crippen LogP contribution in [-0.2, 0) is 0 Å². The van der Waals surface area contributed by atoms with E-state index >= 15 is 0 Å². The first-order valence-electron chi connectivity index (χ1n) is 3.91. The first-order chi connectivity index (χ1) is 4.63. The molecule has 0 saturated carbocycles. The quantitative estimate of drug-likeness (QED) is 0.522. The van der Waals surface area contributed by atoms with Gasteiger partial charge in [0.05, 0.1) is 0 Å². The van der Waals surface area contributed by atoms with Gasteiger partial charge in [-0.15, -0.1) is 6.58 Å². The fourth-order valence-electron chi connectivity index (χ4n) is 1.33. The van der Waals surface area contributed by atoms with E-state index in [1.807, 2.05) is 6.08 Å². The molecule has 0 aromatic rings. The molecule has 0 aliphatic carbocycles. The van der Waals surface area contributed by atoms with E-state index in [0.29, 0.717) is 11.8 Å². The molecule has 0 heterocycles. The molecule has 0 fully saturated rings. The first kappa shape index (κ1) is 9.48. The molecule has 0 bridgehead atoms. The molecule has 0 aromatic heterocycles. The van der Waals surface area contributed by atoms with Crippen molar-refractivity contribution >= 4 is 0 Å². The summed E-state index contributed by atoms with van der Waals surface area (Å²) in [5.74, 6) is 1.19. The molecule has 0 rings (SSSR count). The lowest BCUT2D eigenvalue weighted by molar-refractivity contribution is 0.473. The lowest BCUT2D eigenvalue weighted by Crippen LogP contribution is -2.08. The topological polar surface area (TPSA) is 0 Å². The van der Waals surface area contributed by atoms with Gasteiger partial charge in [0, 0.05) is 0 Å². The Morgan fingerprint density at radius 1 is 1.60 bits per heavy atom. The molecule has 0 aliphatic rings. The van der Waals surface area contributed by atoms with Crippen LogP contribution in [0.5, 0.6) is 0 Å². The molecule has 0 nitrogen and oxygen atoms in total. The van der Waals surface area contributed by atoms with Crippen LogP contribution < -0.4 is 0 Å². The van der Waals surface area contributed by atoms with Crippen LogP contribution in [0.3, 0.4) is 0 Å². The lowest BCUT2D eigenvalue weighted by atomic mass is 9.86. The van der Waals surface area contributed by atoms with Crippen molar-refractivity contribution in [1.29, 1.82) is 0 Å². The highest BCUT2D eigenvalue weighted by atomic mass is 14.2. The smallest absolute Gasteiger partial charge is 0.0151 e. The molecular formula is C10H18. The summed E-state index contributed by atoms with van der Waals surface area (Å²) in [7, 11) is 0. The van der Waals surface area contributed by atoms with Gasteiger partial charge in [0.25, 0.3) is 0 Å². The third kappa shape index (κ3) is 2.38. The predicted octanol–water partition coefficient (Wildman–Crippen LogP) is 3.41. The second kappa shape index (κ2) is 4.32. The van der Waals surface area contributed by atoms with Gasteiger partial charge in [-0.25, -0.2) is 0 Å². The first-order valence-corrected chi connectivity index (χ1v) is 3.91. The monoisotopic (exact) mass is 138 g/mol. The van der Waals surface area contributed by atoms with Crippen LogP contribution in [0.1, 0.15) is 27.2 Å².